The van der Waals surface area contributed by atoms with E-state index in [0.717, 1.165) is 6.42 Å². The fourth-order valence-corrected chi connectivity index (χ4v) is 2.36. The van der Waals surface area contributed by atoms with Gasteiger partial charge < -0.3 is 19.6 Å². The van der Waals surface area contributed by atoms with E-state index in [0.29, 0.717) is 18.8 Å². The van der Waals surface area contributed by atoms with Gasteiger partial charge in [0.25, 0.3) is 5.85 Å². The highest BCUT2D eigenvalue weighted by atomic mass is 31.2. The molecule has 3 N–H and O–H groups in total. The standard InChI is InChI=1S/C8H15O6P/c1-5-2-3-6(4-5)14-8(7(9)10)15(11,12)13/h5-6,8H,2-4H2,1H3,(H,9,10)(H2,11,12,13)/t5-,6+,8?/m0/s1. The number of carbonyl (C=O) groups is 1. The molecule has 0 saturated heterocycles. The molecule has 1 unspecified atom stereocenters. The average Bonchev–Trinajstić information content (AvgIpc) is 2.44. The molecule has 7 heteroatoms. The maximum absolute atomic E-state index is 10.8. The van der Waals surface area contributed by atoms with E-state index in [9.17, 15) is 9.36 Å². The molecule has 3 atom stereocenters. The van der Waals surface area contributed by atoms with Crippen LogP contribution in [0.1, 0.15) is 26.2 Å². The van der Waals surface area contributed by atoms with Gasteiger partial charge >= 0.3 is 13.6 Å². The van der Waals surface area contributed by atoms with Gasteiger partial charge in [-0.1, -0.05) is 6.92 Å². The van der Waals surface area contributed by atoms with Crippen LogP contribution in [-0.4, -0.2) is 32.8 Å². The van der Waals surface area contributed by atoms with Gasteiger partial charge in [-0.25, -0.2) is 4.79 Å². The molecule has 0 aromatic carbocycles. The van der Waals surface area contributed by atoms with Gasteiger partial charge in [-0.3, -0.25) is 4.57 Å². The van der Waals surface area contributed by atoms with Crippen molar-refractivity contribution in [2.24, 2.45) is 5.92 Å². The Hall–Kier alpha value is -0.420. The summed E-state index contributed by atoms with van der Waals surface area (Å²) in [5.74, 6) is -3.21. The number of carboxylic acids is 1. The summed E-state index contributed by atoms with van der Waals surface area (Å²) in [5, 5.41) is 8.62. The van der Waals surface area contributed by atoms with Crippen molar-refractivity contribution in [2.45, 2.75) is 38.1 Å². The lowest BCUT2D eigenvalue weighted by atomic mass is 10.1. The van der Waals surface area contributed by atoms with Crippen LogP contribution in [0.25, 0.3) is 0 Å². The SMILES string of the molecule is C[C@H]1CC[C@@H](OC(C(=O)O)P(=O)(O)O)C1. The van der Waals surface area contributed by atoms with Gasteiger partial charge in [0.15, 0.2) is 0 Å². The van der Waals surface area contributed by atoms with Crippen LogP contribution in [0, 0.1) is 5.92 Å². The fourth-order valence-electron chi connectivity index (χ4n) is 1.74. The maximum Gasteiger partial charge on any atom is 0.365 e. The van der Waals surface area contributed by atoms with Gasteiger partial charge in [0.2, 0.25) is 0 Å². The van der Waals surface area contributed by atoms with Crippen molar-refractivity contribution in [1.82, 2.24) is 0 Å². The Balaban J connectivity index is 2.60. The zero-order valence-electron chi connectivity index (χ0n) is 8.37. The largest absolute Gasteiger partial charge is 0.479 e. The van der Waals surface area contributed by atoms with Crippen molar-refractivity contribution in [3.05, 3.63) is 0 Å². The summed E-state index contributed by atoms with van der Waals surface area (Å²) in [4.78, 5) is 28.2. The third-order valence-corrected chi connectivity index (χ3v) is 3.44. The van der Waals surface area contributed by atoms with Crippen LogP contribution < -0.4 is 0 Å². The first kappa shape index (κ1) is 12.6. The summed E-state index contributed by atoms with van der Waals surface area (Å²) in [5.41, 5.74) is 0. The first-order valence-corrected chi connectivity index (χ1v) is 6.42. The van der Waals surface area contributed by atoms with E-state index in [2.05, 4.69) is 0 Å². The van der Waals surface area contributed by atoms with Crippen LogP contribution in [0.4, 0.5) is 0 Å². The second-order valence-electron chi connectivity index (χ2n) is 3.96. The molecular weight excluding hydrogens is 223 g/mol. The molecule has 1 saturated carbocycles. The number of hydrogen-bond acceptors (Lipinski definition) is 3. The number of aliphatic carboxylic acids is 1. The van der Waals surface area contributed by atoms with Crippen molar-refractivity contribution in [3.63, 3.8) is 0 Å². The Morgan fingerprint density at radius 1 is 1.47 bits per heavy atom. The summed E-state index contributed by atoms with van der Waals surface area (Å²) in [6.07, 6.45) is 1.86. The molecule has 0 amide bonds. The lowest BCUT2D eigenvalue weighted by Gasteiger charge is -2.19. The van der Waals surface area contributed by atoms with Gasteiger partial charge in [-0.15, -0.1) is 0 Å². The van der Waals surface area contributed by atoms with Gasteiger partial charge in [0, 0.05) is 0 Å². The van der Waals surface area contributed by atoms with E-state index >= 15 is 0 Å². The lowest BCUT2D eigenvalue weighted by Crippen LogP contribution is -2.28. The maximum atomic E-state index is 10.8. The monoisotopic (exact) mass is 238 g/mol. The summed E-state index contributed by atoms with van der Waals surface area (Å²) in [7, 11) is -4.73. The Morgan fingerprint density at radius 3 is 2.40 bits per heavy atom. The first-order chi connectivity index (χ1) is 6.80. The molecule has 88 valence electrons. The zero-order chi connectivity index (χ0) is 11.6. The molecule has 0 heterocycles. The van der Waals surface area contributed by atoms with Gasteiger partial charge in [-0.2, -0.15) is 0 Å². The Morgan fingerprint density at radius 2 is 2.07 bits per heavy atom. The van der Waals surface area contributed by atoms with E-state index in [1.807, 2.05) is 6.92 Å². The molecule has 0 aliphatic heterocycles. The second-order valence-corrected chi connectivity index (χ2v) is 5.60. The normalized spacial score (nSPS) is 29.0. The van der Waals surface area contributed by atoms with Crippen molar-refractivity contribution >= 4 is 13.6 Å². The fraction of sp³-hybridized carbons (Fsp3) is 0.875. The molecule has 15 heavy (non-hydrogen) atoms. The van der Waals surface area contributed by atoms with Crippen LogP contribution in [-0.2, 0) is 14.1 Å². The number of carboxylic acid groups (broad SMARTS) is 1. The van der Waals surface area contributed by atoms with Crippen molar-refractivity contribution in [1.29, 1.82) is 0 Å². The zero-order valence-corrected chi connectivity index (χ0v) is 9.26. The average molecular weight is 238 g/mol. The van der Waals surface area contributed by atoms with E-state index in [1.54, 1.807) is 0 Å². The Kier molecular flexibility index (Phi) is 3.89. The molecule has 0 spiro atoms. The molecule has 0 bridgehead atoms. The molecular formula is C8H15O6P. The van der Waals surface area contributed by atoms with Crippen LogP contribution in [0.3, 0.4) is 0 Å². The number of hydrogen-bond donors (Lipinski definition) is 3. The number of ether oxygens (including phenoxy) is 1. The summed E-state index contributed by atoms with van der Waals surface area (Å²) >= 11 is 0. The highest BCUT2D eigenvalue weighted by molar-refractivity contribution is 7.53. The Labute approximate surface area is 87.4 Å². The van der Waals surface area contributed by atoms with Crippen LogP contribution in [0.5, 0.6) is 0 Å². The van der Waals surface area contributed by atoms with Crippen molar-refractivity contribution < 1.29 is 29.0 Å². The quantitative estimate of drug-likeness (QED) is 0.625. The molecule has 1 rings (SSSR count). The van der Waals surface area contributed by atoms with E-state index in [4.69, 9.17) is 19.6 Å². The molecule has 6 nitrogen and oxygen atoms in total. The second kappa shape index (κ2) is 4.61. The molecule has 0 radical (unpaired) electrons. The minimum absolute atomic E-state index is 0.353. The van der Waals surface area contributed by atoms with Gasteiger partial charge in [0.1, 0.15) is 0 Å². The minimum Gasteiger partial charge on any atom is -0.479 e. The highest BCUT2D eigenvalue weighted by Gasteiger charge is 2.40. The predicted octanol–water partition coefficient (Wildman–Crippen LogP) is 0.780. The lowest BCUT2D eigenvalue weighted by molar-refractivity contribution is -0.148. The van der Waals surface area contributed by atoms with E-state index in [1.165, 1.54) is 0 Å². The highest BCUT2D eigenvalue weighted by Crippen LogP contribution is 2.44. The summed E-state index contributed by atoms with van der Waals surface area (Å²) in [6.45, 7) is 2.00. The van der Waals surface area contributed by atoms with Gasteiger partial charge in [0.05, 0.1) is 6.10 Å². The van der Waals surface area contributed by atoms with Crippen LogP contribution >= 0.6 is 7.60 Å². The van der Waals surface area contributed by atoms with E-state index < -0.39 is 19.4 Å². The van der Waals surface area contributed by atoms with Gasteiger partial charge in [-0.05, 0) is 25.2 Å². The molecule has 0 aromatic rings. The predicted molar refractivity (Wildman–Crippen MR) is 51.4 cm³/mol. The molecule has 1 fully saturated rings. The number of rotatable bonds is 4. The van der Waals surface area contributed by atoms with Crippen molar-refractivity contribution in [2.75, 3.05) is 0 Å². The molecule has 0 aromatic heterocycles. The van der Waals surface area contributed by atoms with Crippen molar-refractivity contribution in [3.8, 4) is 0 Å². The third kappa shape index (κ3) is 3.57. The Bertz CT molecular complexity index is 285. The smallest absolute Gasteiger partial charge is 0.365 e. The van der Waals surface area contributed by atoms with E-state index in [-0.39, 0.29) is 6.10 Å². The van der Waals surface area contributed by atoms with Crippen LogP contribution in [0.2, 0.25) is 0 Å². The third-order valence-electron chi connectivity index (χ3n) is 2.48. The van der Waals surface area contributed by atoms with Crippen LogP contribution in [0.15, 0.2) is 0 Å². The molecule has 1 aliphatic carbocycles. The summed E-state index contributed by atoms with van der Waals surface area (Å²) < 4.78 is 15.8. The minimum atomic E-state index is -4.73. The first-order valence-electron chi connectivity index (χ1n) is 4.74. The molecule has 1 aliphatic rings. The summed E-state index contributed by atoms with van der Waals surface area (Å²) in [6, 6.07) is 0. The topological polar surface area (TPSA) is 104 Å².